The van der Waals surface area contributed by atoms with Gasteiger partial charge in [0.05, 0.1) is 12.7 Å². The molecule has 3 unspecified atom stereocenters. The SMILES string of the molecule is CCCNC(C)CCCN1CCOC2CCCCC21. The highest BCUT2D eigenvalue weighted by Gasteiger charge is 2.33. The molecule has 19 heavy (non-hydrogen) atoms. The zero-order valence-corrected chi connectivity index (χ0v) is 12.9. The zero-order valence-electron chi connectivity index (χ0n) is 12.9. The number of hydrogen-bond donors (Lipinski definition) is 1. The maximum absolute atomic E-state index is 5.94. The molecular weight excluding hydrogens is 236 g/mol. The molecule has 1 aliphatic heterocycles. The topological polar surface area (TPSA) is 24.5 Å². The predicted molar refractivity (Wildman–Crippen MR) is 80.6 cm³/mol. The second-order valence-electron chi connectivity index (χ2n) is 6.29. The molecule has 0 aromatic rings. The molecule has 1 saturated heterocycles. The van der Waals surface area contributed by atoms with Gasteiger partial charge in [-0.2, -0.15) is 0 Å². The van der Waals surface area contributed by atoms with Crippen molar-refractivity contribution >= 4 is 0 Å². The lowest BCUT2D eigenvalue weighted by Crippen LogP contribution is -2.52. The normalized spacial score (nSPS) is 30.0. The fourth-order valence-corrected chi connectivity index (χ4v) is 3.55. The van der Waals surface area contributed by atoms with Crippen LogP contribution >= 0.6 is 0 Å². The van der Waals surface area contributed by atoms with E-state index in [9.17, 15) is 0 Å². The highest BCUT2D eigenvalue weighted by atomic mass is 16.5. The van der Waals surface area contributed by atoms with Crippen molar-refractivity contribution in [3.05, 3.63) is 0 Å². The second kappa shape index (κ2) is 8.23. The molecule has 0 aromatic carbocycles. The van der Waals surface area contributed by atoms with Gasteiger partial charge in [-0.1, -0.05) is 19.8 Å². The molecule has 2 fully saturated rings. The van der Waals surface area contributed by atoms with Crippen LogP contribution in [0.1, 0.15) is 58.8 Å². The first kappa shape index (κ1) is 15.3. The fourth-order valence-electron chi connectivity index (χ4n) is 3.55. The summed E-state index contributed by atoms with van der Waals surface area (Å²) in [5, 5.41) is 3.58. The Labute approximate surface area is 119 Å². The number of rotatable bonds is 7. The number of hydrogen-bond acceptors (Lipinski definition) is 3. The molecule has 0 amide bonds. The van der Waals surface area contributed by atoms with Crippen LogP contribution in [0.15, 0.2) is 0 Å². The molecule has 1 saturated carbocycles. The minimum atomic E-state index is 0.540. The van der Waals surface area contributed by atoms with Crippen LogP contribution in [0.3, 0.4) is 0 Å². The van der Waals surface area contributed by atoms with E-state index in [1.165, 1.54) is 51.5 Å². The molecule has 0 spiro atoms. The van der Waals surface area contributed by atoms with Crippen LogP contribution in [0.4, 0.5) is 0 Å². The van der Waals surface area contributed by atoms with Crippen LogP contribution in [0.5, 0.6) is 0 Å². The van der Waals surface area contributed by atoms with Gasteiger partial charge >= 0.3 is 0 Å². The van der Waals surface area contributed by atoms with E-state index in [0.29, 0.717) is 12.1 Å². The molecule has 1 aliphatic carbocycles. The molecule has 112 valence electrons. The third-order valence-electron chi connectivity index (χ3n) is 4.67. The van der Waals surface area contributed by atoms with Gasteiger partial charge in [0.25, 0.3) is 0 Å². The Morgan fingerprint density at radius 2 is 2.16 bits per heavy atom. The van der Waals surface area contributed by atoms with Gasteiger partial charge in [-0.15, -0.1) is 0 Å². The van der Waals surface area contributed by atoms with Gasteiger partial charge < -0.3 is 10.1 Å². The molecule has 1 heterocycles. The minimum absolute atomic E-state index is 0.540. The van der Waals surface area contributed by atoms with Crippen LogP contribution in [-0.4, -0.2) is 49.3 Å². The largest absolute Gasteiger partial charge is 0.375 e. The van der Waals surface area contributed by atoms with E-state index in [0.717, 1.165) is 25.7 Å². The Morgan fingerprint density at radius 1 is 1.32 bits per heavy atom. The van der Waals surface area contributed by atoms with E-state index in [1.807, 2.05) is 0 Å². The Kier molecular flexibility index (Phi) is 6.62. The van der Waals surface area contributed by atoms with Crippen molar-refractivity contribution in [1.82, 2.24) is 10.2 Å². The van der Waals surface area contributed by atoms with Crippen molar-refractivity contribution in [3.63, 3.8) is 0 Å². The minimum Gasteiger partial charge on any atom is -0.375 e. The lowest BCUT2D eigenvalue weighted by Gasteiger charge is -2.44. The van der Waals surface area contributed by atoms with E-state index in [1.54, 1.807) is 0 Å². The molecular formula is C16H32N2O. The maximum atomic E-state index is 5.94. The van der Waals surface area contributed by atoms with Crippen molar-refractivity contribution in [2.24, 2.45) is 0 Å². The third-order valence-corrected chi connectivity index (χ3v) is 4.67. The van der Waals surface area contributed by atoms with Gasteiger partial charge in [0.2, 0.25) is 0 Å². The molecule has 2 aliphatic rings. The lowest BCUT2D eigenvalue weighted by molar-refractivity contribution is -0.0883. The molecule has 1 N–H and O–H groups in total. The molecule has 2 rings (SSSR count). The number of ether oxygens (including phenoxy) is 1. The van der Waals surface area contributed by atoms with Crippen LogP contribution in [-0.2, 0) is 4.74 Å². The summed E-state index contributed by atoms with van der Waals surface area (Å²) in [5.41, 5.74) is 0. The average molecular weight is 268 g/mol. The van der Waals surface area contributed by atoms with E-state index < -0.39 is 0 Å². The van der Waals surface area contributed by atoms with Crippen LogP contribution < -0.4 is 5.32 Å². The third kappa shape index (κ3) is 4.73. The summed E-state index contributed by atoms with van der Waals surface area (Å²) in [5.74, 6) is 0. The zero-order chi connectivity index (χ0) is 13.5. The van der Waals surface area contributed by atoms with E-state index in [4.69, 9.17) is 4.74 Å². The highest BCUT2D eigenvalue weighted by molar-refractivity contribution is 4.87. The van der Waals surface area contributed by atoms with Crippen molar-refractivity contribution in [2.75, 3.05) is 26.2 Å². The van der Waals surface area contributed by atoms with Crippen molar-refractivity contribution < 1.29 is 4.74 Å². The summed E-state index contributed by atoms with van der Waals surface area (Å²) in [4.78, 5) is 2.71. The number of morpholine rings is 1. The van der Waals surface area contributed by atoms with Gasteiger partial charge in [-0.3, -0.25) is 4.90 Å². The number of nitrogens with one attached hydrogen (secondary N) is 1. The van der Waals surface area contributed by atoms with Crippen LogP contribution in [0.25, 0.3) is 0 Å². The first-order valence-corrected chi connectivity index (χ1v) is 8.40. The molecule has 0 bridgehead atoms. The summed E-state index contributed by atoms with van der Waals surface area (Å²) in [7, 11) is 0. The Hall–Kier alpha value is -0.120. The number of nitrogens with zero attached hydrogens (tertiary/aromatic N) is 1. The first-order valence-electron chi connectivity index (χ1n) is 8.40. The quantitative estimate of drug-likeness (QED) is 0.768. The molecule has 0 radical (unpaired) electrons. The molecule has 3 heteroatoms. The lowest BCUT2D eigenvalue weighted by atomic mass is 9.90. The van der Waals surface area contributed by atoms with Crippen LogP contribution in [0.2, 0.25) is 0 Å². The van der Waals surface area contributed by atoms with Gasteiger partial charge in [-0.25, -0.2) is 0 Å². The maximum Gasteiger partial charge on any atom is 0.0730 e. The summed E-state index contributed by atoms with van der Waals surface area (Å²) < 4.78 is 5.94. The molecule has 3 nitrogen and oxygen atoms in total. The number of fused-ring (bicyclic) bond motifs is 1. The summed E-state index contributed by atoms with van der Waals surface area (Å²) in [6, 6.07) is 1.39. The standard InChI is InChI=1S/C16H32N2O/c1-3-10-17-14(2)7-6-11-18-12-13-19-16-9-5-4-8-15(16)18/h14-17H,3-13H2,1-2H3. The summed E-state index contributed by atoms with van der Waals surface area (Å²) >= 11 is 0. The monoisotopic (exact) mass is 268 g/mol. The smallest absolute Gasteiger partial charge is 0.0730 e. The predicted octanol–water partition coefficient (Wildman–Crippen LogP) is 2.80. The van der Waals surface area contributed by atoms with Crippen molar-refractivity contribution in [2.45, 2.75) is 77.0 Å². The van der Waals surface area contributed by atoms with Crippen molar-refractivity contribution in [3.8, 4) is 0 Å². The van der Waals surface area contributed by atoms with Crippen molar-refractivity contribution in [1.29, 1.82) is 0 Å². The highest BCUT2D eigenvalue weighted by Crippen LogP contribution is 2.28. The van der Waals surface area contributed by atoms with Gasteiger partial charge in [0.15, 0.2) is 0 Å². The Balaban J connectivity index is 1.66. The van der Waals surface area contributed by atoms with E-state index in [2.05, 4.69) is 24.1 Å². The van der Waals surface area contributed by atoms with E-state index >= 15 is 0 Å². The average Bonchev–Trinajstić information content (AvgIpc) is 2.45. The van der Waals surface area contributed by atoms with Gasteiger partial charge in [0.1, 0.15) is 0 Å². The Morgan fingerprint density at radius 3 is 3.00 bits per heavy atom. The summed E-state index contributed by atoms with van der Waals surface area (Å²) in [6.07, 6.45) is 9.80. The second-order valence-corrected chi connectivity index (χ2v) is 6.29. The molecule has 0 aromatic heterocycles. The molecule has 3 atom stereocenters. The van der Waals surface area contributed by atoms with Crippen LogP contribution in [0, 0.1) is 0 Å². The van der Waals surface area contributed by atoms with E-state index in [-0.39, 0.29) is 0 Å². The van der Waals surface area contributed by atoms with Gasteiger partial charge in [-0.05, 0) is 52.1 Å². The summed E-state index contributed by atoms with van der Waals surface area (Å²) in [6.45, 7) is 9.07. The Bertz CT molecular complexity index is 245. The first-order chi connectivity index (χ1) is 9.31. The van der Waals surface area contributed by atoms with Gasteiger partial charge in [0, 0.05) is 18.6 Å². The fraction of sp³-hybridized carbons (Fsp3) is 1.00.